The van der Waals surface area contributed by atoms with Gasteiger partial charge in [-0.25, -0.2) is 0 Å². The predicted octanol–water partition coefficient (Wildman–Crippen LogP) is 2.46. The summed E-state index contributed by atoms with van der Waals surface area (Å²) in [4.78, 5) is 11.6. The third-order valence-electron chi connectivity index (χ3n) is 3.37. The highest BCUT2D eigenvalue weighted by atomic mass is 19.3. The molecule has 0 saturated heterocycles. The van der Waals surface area contributed by atoms with Gasteiger partial charge in [0.2, 0.25) is 5.91 Å². The molecule has 1 aromatic carbocycles. The summed E-state index contributed by atoms with van der Waals surface area (Å²) in [6, 6.07) is 6.39. The Bertz CT molecular complexity index is 451. The summed E-state index contributed by atoms with van der Waals surface area (Å²) in [5.74, 6) is -0.274. The van der Waals surface area contributed by atoms with Crippen LogP contribution in [-0.2, 0) is 11.2 Å². The van der Waals surface area contributed by atoms with Crippen LogP contribution in [0.4, 0.5) is 8.78 Å². The number of hydrogen-bond donors (Lipinski definition) is 2. The Labute approximate surface area is 123 Å². The van der Waals surface area contributed by atoms with Crippen molar-refractivity contribution >= 4 is 5.91 Å². The molecule has 0 heterocycles. The van der Waals surface area contributed by atoms with Gasteiger partial charge in [0, 0.05) is 0 Å². The van der Waals surface area contributed by atoms with E-state index in [4.69, 9.17) is 5.73 Å². The van der Waals surface area contributed by atoms with E-state index in [0.29, 0.717) is 19.4 Å². The van der Waals surface area contributed by atoms with Gasteiger partial charge in [0.15, 0.2) is 0 Å². The molecule has 1 rings (SSSR count). The zero-order chi connectivity index (χ0) is 15.9. The highest BCUT2D eigenvalue weighted by molar-refractivity contribution is 5.84. The molecular formula is C15H22F2N2O2. The highest BCUT2D eigenvalue weighted by Crippen LogP contribution is 2.18. The summed E-state index contributed by atoms with van der Waals surface area (Å²) >= 11 is 0. The first-order chi connectivity index (χ1) is 9.87. The van der Waals surface area contributed by atoms with E-state index >= 15 is 0 Å². The summed E-state index contributed by atoms with van der Waals surface area (Å²) in [5.41, 5.74) is 5.61. The second kappa shape index (κ2) is 7.93. The molecule has 0 bridgehead atoms. The Balaban J connectivity index is 2.61. The highest BCUT2D eigenvalue weighted by Gasteiger charge is 2.29. The molecule has 6 heteroatoms. The van der Waals surface area contributed by atoms with Crippen LogP contribution >= 0.6 is 0 Å². The molecule has 0 aliphatic heterocycles. The quantitative estimate of drug-likeness (QED) is 0.736. The van der Waals surface area contributed by atoms with Crippen LogP contribution in [0.25, 0.3) is 0 Å². The van der Waals surface area contributed by atoms with Crippen molar-refractivity contribution in [2.75, 3.05) is 6.54 Å². The SMILES string of the molecule is CCCNC(C)(CCc1ccc(OC(F)F)cc1)C(N)=O. The lowest BCUT2D eigenvalue weighted by Gasteiger charge is -2.27. The number of alkyl halides is 2. The Morgan fingerprint density at radius 1 is 1.38 bits per heavy atom. The Morgan fingerprint density at radius 3 is 2.48 bits per heavy atom. The fourth-order valence-electron chi connectivity index (χ4n) is 1.93. The van der Waals surface area contributed by atoms with Gasteiger partial charge in [0.05, 0.1) is 5.54 Å². The van der Waals surface area contributed by atoms with Gasteiger partial charge < -0.3 is 15.8 Å². The van der Waals surface area contributed by atoms with Crippen LogP contribution in [0.15, 0.2) is 24.3 Å². The van der Waals surface area contributed by atoms with Gasteiger partial charge in [0.25, 0.3) is 0 Å². The maximum absolute atomic E-state index is 12.1. The lowest BCUT2D eigenvalue weighted by Crippen LogP contribution is -2.53. The number of ether oxygens (including phenoxy) is 1. The molecule has 1 unspecified atom stereocenters. The average molecular weight is 300 g/mol. The van der Waals surface area contributed by atoms with E-state index in [0.717, 1.165) is 12.0 Å². The van der Waals surface area contributed by atoms with Crippen molar-refractivity contribution in [2.45, 2.75) is 45.3 Å². The van der Waals surface area contributed by atoms with Crippen molar-refractivity contribution in [1.29, 1.82) is 0 Å². The van der Waals surface area contributed by atoms with Crippen LogP contribution in [0.3, 0.4) is 0 Å². The number of hydrogen-bond acceptors (Lipinski definition) is 3. The molecular weight excluding hydrogens is 278 g/mol. The molecule has 4 nitrogen and oxygen atoms in total. The lowest BCUT2D eigenvalue weighted by molar-refractivity contribution is -0.124. The van der Waals surface area contributed by atoms with E-state index in [1.54, 1.807) is 19.1 Å². The van der Waals surface area contributed by atoms with E-state index in [1.807, 2.05) is 6.92 Å². The summed E-state index contributed by atoms with van der Waals surface area (Å²) < 4.78 is 28.4. The van der Waals surface area contributed by atoms with Crippen molar-refractivity contribution in [2.24, 2.45) is 5.73 Å². The van der Waals surface area contributed by atoms with E-state index < -0.39 is 18.1 Å². The first kappa shape index (κ1) is 17.4. The van der Waals surface area contributed by atoms with E-state index in [-0.39, 0.29) is 5.75 Å². The van der Waals surface area contributed by atoms with Gasteiger partial charge in [-0.3, -0.25) is 4.79 Å². The minimum Gasteiger partial charge on any atom is -0.435 e. The number of aryl methyl sites for hydroxylation is 1. The molecule has 1 aromatic rings. The number of halogens is 2. The van der Waals surface area contributed by atoms with Crippen molar-refractivity contribution in [3.63, 3.8) is 0 Å². The van der Waals surface area contributed by atoms with Crippen LogP contribution in [0.1, 0.15) is 32.3 Å². The van der Waals surface area contributed by atoms with Gasteiger partial charge in [-0.15, -0.1) is 0 Å². The van der Waals surface area contributed by atoms with Crippen molar-refractivity contribution in [3.05, 3.63) is 29.8 Å². The third-order valence-corrected chi connectivity index (χ3v) is 3.37. The molecule has 0 radical (unpaired) electrons. The molecule has 0 aromatic heterocycles. The maximum Gasteiger partial charge on any atom is 0.387 e. The summed E-state index contributed by atoms with van der Waals surface area (Å²) in [6.45, 7) is 1.67. The van der Waals surface area contributed by atoms with Gasteiger partial charge in [-0.05, 0) is 50.4 Å². The Morgan fingerprint density at radius 2 is 2.00 bits per heavy atom. The summed E-state index contributed by atoms with van der Waals surface area (Å²) in [5, 5.41) is 3.15. The number of benzene rings is 1. The number of amides is 1. The van der Waals surface area contributed by atoms with Crippen LogP contribution in [0.5, 0.6) is 5.75 Å². The first-order valence-corrected chi connectivity index (χ1v) is 6.96. The standard InChI is InChI=1S/C15H22F2N2O2/c1-3-10-19-15(2,13(18)20)9-8-11-4-6-12(7-5-11)21-14(16)17/h4-7,14,19H,3,8-10H2,1-2H3,(H2,18,20). The molecule has 0 saturated carbocycles. The molecule has 0 spiro atoms. The van der Waals surface area contributed by atoms with E-state index in [2.05, 4.69) is 10.1 Å². The van der Waals surface area contributed by atoms with E-state index in [1.165, 1.54) is 12.1 Å². The number of carbonyl (C=O) groups is 1. The van der Waals surface area contributed by atoms with Gasteiger partial charge >= 0.3 is 6.61 Å². The summed E-state index contributed by atoms with van der Waals surface area (Å²) in [7, 11) is 0. The molecule has 0 aliphatic carbocycles. The van der Waals surface area contributed by atoms with Crippen LogP contribution in [0.2, 0.25) is 0 Å². The zero-order valence-corrected chi connectivity index (χ0v) is 12.4. The number of nitrogens with two attached hydrogens (primary N) is 1. The Hall–Kier alpha value is -1.69. The molecule has 21 heavy (non-hydrogen) atoms. The second-order valence-corrected chi connectivity index (χ2v) is 5.15. The number of nitrogens with one attached hydrogen (secondary N) is 1. The number of rotatable bonds is 9. The monoisotopic (exact) mass is 300 g/mol. The van der Waals surface area contributed by atoms with Crippen molar-refractivity contribution in [3.8, 4) is 5.75 Å². The van der Waals surface area contributed by atoms with Crippen LogP contribution in [-0.4, -0.2) is 24.6 Å². The van der Waals surface area contributed by atoms with E-state index in [9.17, 15) is 13.6 Å². The van der Waals surface area contributed by atoms with Crippen LogP contribution < -0.4 is 15.8 Å². The van der Waals surface area contributed by atoms with Gasteiger partial charge in [0.1, 0.15) is 5.75 Å². The number of carbonyl (C=O) groups excluding carboxylic acids is 1. The van der Waals surface area contributed by atoms with Crippen molar-refractivity contribution < 1.29 is 18.3 Å². The molecule has 3 N–H and O–H groups in total. The predicted molar refractivity (Wildman–Crippen MR) is 77.3 cm³/mol. The van der Waals surface area contributed by atoms with Crippen molar-refractivity contribution in [1.82, 2.24) is 5.32 Å². The lowest BCUT2D eigenvalue weighted by atomic mass is 9.92. The smallest absolute Gasteiger partial charge is 0.387 e. The normalized spacial score (nSPS) is 14.0. The molecule has 0 fully saturated rings. The fraction of sp³-hybridized carbons (Fsp3) is 0.533. The fourth-order valence-corrected chi connectivity index (χ4v) is 1.93. The van der Waals surface area contributed by atoms with Gasteiger partial charge in [-0.1, -0.05) is 19.1 Å². The zero-order valence-electron chi connectivity index (χ0n) is 12.4. The summed E-state index contributed by atoms with van der Waals surface area (Å²) in [6.07, 6.45) is 2.06. The van der Waals surface area contributed by atoms with Crippen LogP contribution in [0, 0.1) is 0 Å². The first-order valence-electron chi connectivity index (χ1n) is 6.96. The molecule has 0 aliphatic rings. The minimum absolute atomic E-state index is 0.121. The minimum atomic E-state index is -2.83. The maximum atomic E-state index is 12.1. The topological polar surface area (TPSA) is 64.3 Å². The third kappa shape index (κ3) is 5.67. The second-order valence-electron chi connectivity index (χ2n) is 5.15. The molecule has 1 amide bonds. The molecule has 118 valence electrons. The van der Waals surface area contributed by atoms with Gasteiger partial charge in [-0.2, -0.15) is 8.78 Å². The molecule has 1 atom stereocenters. The average Bonchev–Trinajstić information content (AvgIpc) is 2.43. The number of primary amides is 1. The Kier molecular flexibility index (Phi) is 6.55. The largest absolute Gasteiger partial charge is 0.435 e.